The van der Waals surface area contributed by atoms with E-state index in [2.05, 4.69) is 17.3 Å². The molecule has 0 radical (unpaired) electrons. The summed E-state index contributed by atoms with van der Waals surface area (Å²) in [6.45, 7) is 2.90. The van der Waals surface area contributed by atoms with Crippen LogP contribution < -0.4 is 5.32 Å². The maximum atomic E-state index is 11.9. The molecule has 1 unspecified atom stereocenters. The molecule has 19 heavy (non-hydrogen) atoms. The van der Waals surface area contributed by atoms with E-state index in [-0.39, 0.29) is 19.1 Å². The highest BCUT2D eigenvalue weighted by molar-refractivity contribution is 5.80. The van der Waals surface area contributed by atoms with Gasteiger partial charge >= 0.3 is 12.0 Å². The normalized spacial score (nSPS) is 19.4. The zero-order chi connectivity index (χ0) is 14.3. The lowest BCUT2D eigenvalue weighted by Gasteiger charge is -2.22. The number of likely N-dealkylation sites (tertiary alicyclic amines) is 1. The Labute approximate surface area is 113 Å². The number of carbonyl (C=O) groups excluding carboxylic acids is 1. The fraction of sp³-hybridized carbons (Fsp3) is 0.833. The third-order valence-electron chi connectivity index (χ3n) is 3.21. The van der Waals surface area contributed by atoms with Crippen LogP contribution in [-0.4, -0.2) is 80.4 Å². The number of nitrogens with zero attached hydrogens (tertiary/aromatic N) is 2. The Kier molecular flexibility index (Phi) is 6.58. The average Bonchev–Trinajstić information content (AvgIpc) is 2.77. The quantitative estimate of drug-likeness (QED) is 0.664. The lowest BCUT2D eigenvalue weighted by atomic mass is 10.1. The Morgan fingerprint density at radius 3 is 2.79 bits per heavy atom. The number of rotatable bonds is 7. The van der Waals surface area contributed by atoms with Crippen LogP contribution in [0.25, 0.3) is 0 Å². The second-order valence-corrected chi connectivity index (χ2v) is 4.91. The molecule has 0 saturated carbocycles. The van der Waals surface area contributed by atoms with Gasteiger partial charge in [-0.3, -0.25) is 4.79 Å². The highest BCUT2D eigenvalue weighted by Crippen LogP contribution is 2.12. The number of nitrogens with one attached hydrogen (secondary N) is 1. The molecular weight excluding hydrogens is 250 g/mol. The summed E-state index contributed by atoms with van der Waals surface area (Å²) in [5.41, 5.74) is 0. The van der Waals surface area contributed by atoms with Gasteiger partial charge < -0.3 is 25.0 Å². The fourth-order valence-corrected chi connectivity index (χ4v) is 2.15. The van der Waals surface area contributed by atoms with Crippen molar-refractivity contribution < 1.29 is 19.4 Å². The standard InChI is InChI=1S/C12H23N3O4/c1-14-4-3-10(8-14)7-13-12(18)15(5-6-19-2)9-11(16)17/h10H,3-9H2,1-2H3,(H,13,18)(H,16,17). The molecule has 0 aromatic rings. The molecule has 7 heteroatoms. The van der Waals surface area contributed by atoms with Crippen LogP contribution in [0.1, 0.15) is 6.42 Å². The smallest absolute Gasteiger partial charge is 0.323 e. The number of urea groups is 1. The van der Waals surface area contributed by atoms with Crippen molar-refractivity contribution in [1.82, 2.24) is 15.1 Å². The van der Waals surface area contributed by atoms with Crippen LogP contribution in [0, 0.1) is 5.92 Å². The number of carboxylic acids is 1. The minimum atomic E-state index is -1.02. The van der Waals surface area contributed by atoms with E-state index in [0.717, 1.165) is 19.5 Å². The van der Waals surface area contributed by atoms with Crippen LogP contribution in [-0.2, 0) is 9.53 Å². The highest BCUT2D eigenvalue weighted by atomic mass is 16.5. The Morgan fingerprint density at radius 1 is 1.53 bits per heavy atom. The summed E-state index contributed by atoms with van der Waals surface area (Å²) in [6, 6.07) is -0.339. The first-order valence-corrected chi connectivity index (χ1v) is 6.45. The molecule has 1 atom stereocenters. The molecule has 1 aliphatic heterocycles. The summed E-state index contributed by atoms with van der Waals surface area (Å²) in [4.78, 5) is 26.1. The molecule has 2 amide bonds. The van der Waals surface area contributed by atoms with E-state index < -0.39 is 5.97 Å². The zero-order valence-corrected chi connectivity index (χ0v) is 11.6. The molecule has 2 N–H and O–H groups in total. The number of carbonyl (C=O) groups is 2. The van der Waals surface area contributed by atoms with Gasteiger partial charge in [0.25, 0.3) is 0 Å². The molecule has 7 nitrogen and oxygen atoms in total. The molecule has 0 spiro atoms. The lowest BCUT2D eigenvalue weighted by molar-refractivity contribution is -0.137. The Morgan fingerprint density at radius 2 is 2.26 bits per heavy atom. The Balaban J connectivity index is 2.35. The van der Waals surface area contributed by atoms with Crippen molar-refractivity contribution in [2.75, 3.05) is 53.5 Å². The number of hydrogen-bond donors (Lipinski definition) is 2. The number of methoxy groups -OCH3 is 1. The second-order valence-electron chi connectivity index (χ2n) is 4.91. The van der Waals surface area contributed by atoms with Gasteiger partial charge in [-0.15, -0.1) is 0 Å². The van der Waals surface area contributed by atoms with Crippen molar-refractivity contribution in [3.05, 3.63) is 0 Å². The third-order valence-corrected chi connectivity index (χ3v) is 3.21. The zero-order valence-electron chi connectivity index (χ0n) is 11.6. The SMILES string of the molecule is COCCN(CC(=O)O)C(=O)NCC1CCN(C)C1. The Hall–Kier alpha value is -1.34. The number of aliphatic carboxylic acids is 1. The summed E-state index contributed by atoms with van der Waals surface area (Å²) in [5.74, 6) is -0.574. The maximum Gasteiger partial charge on any atom is 0.323 e. The first-order chi connectivity index (χ1) is 9.02. The lowest BCUT2D eigenvalue weighted by Crippen LogP contribution is -2.45. The fourth-order valence-electron chi connectivity index (χ4n) is 2.15. The van der Waals surface area contributed by atoms with E-state index in [9.17, 15) is 9.59 Å². The van der Waals surface area contributed by atoms with Gasteiger partial charge in [0.15, 0.2) is 0 Å². The summed E-state index contributed by atoms with van der Waals surface area (Å²) < 4.78 is 4.87. The Bertz CT molecular complexity index is 311. The molecule has 1 aliphatic rings. The van der Waals surface area contributed by atoms with Crippen LogP contribution in [0.15, 0.2) is 0 Å². The van der Waals surface area contributed by atoms with Gasteiger partial charge in [-0.05, 0) is 25.9 Å². The number of amides is 2. The predicted octanol–water partition coefficient (Wildman–Crippen LogP) is -0.319. The van der Waals surface area contributed by atoms with E-state index >= 15 is 0 Å². The van der Waals surface area contributed by atoms with Crippen molar-refractivity contribution in [1.29, 1.82) is 0 Å². The summed E-state index contributed by atoms with van der Waals surface area (Å²) in [5, 5.41) is 11.6. The van der Waals surface area contributed by atoms with E-state index in [4.69, 9.17) is 9.84 Å². The minimum absolute atomic E-state index is 0.277. The van der Waals surface area contributed by atoms with Crippen molar-refractivity contribution in [2.24, 2.45) is 5.92 Å². The maximum absolute atomic E-state index is 11.9. The van der Waals surface area contributed by atoms with Crippen LogP contribution in [0.2, 0.25) is 0 Å². The molecule has 0 aromatic heterocycles. The minimum Gasteiger partial charge on any atom is -0.480 e. The molecule has 1 rings (SSSR count). The van der Waals surface area contributed by atoms with Gasteiger partial charge in [-0.2, -0.15) is 0 Å². The molecule has 1 saturated heterocycles. The second kappa shape index (κ2) is 7.96. The van der Waals surface area contributed by atoms with Gasteiger partial charge in [-0.25, -0.2) is 4.79 Å². The molecular formula is C12H23N3O4. The largest absolute Gasteiger partial charge is 0.480 e. The van der Waals surface area contributed by atoms with Crippen molar-refractivity contribution in [3.63, 3.8) is 0 Å². The van der Waals surface area contributed by atoms with E-state index in [0.29, 0.717) is 19.1 Å². The van der Waals surface area contributed by atoms with Crippen LogP contribution in [0.4, 0.5) is 4.79 Å². The van der Waals surface area contributed by atoms with E-state index in [1.807, 2.05) is 0 Å². The van der Waals surface area contributed by atoms with Gasteiger partial charge in [0.05, 0.1) is 6.61 Å². The van der Waals surface area contributed by atoms with Crippen molar-refractivity contribution in [2.45, 2.75) is 6.42 Å². The first-order valence-electron chi connectivity index (χ1n) is 6.45. The van der Waals surface area contributed by atoms with Gasteiger partial charge in [0.1, 0.15) is 6.54 Å². The summed E-state index contributed by atoms with van der Waals surface area (Å²) in [6.07, 6.45) is 1.06. The molecule has 0 aliphatic carbocycles. The van der Waals surface area contributed by atoms with Gasteiger partial charge in [0, 0.05) is 26.7 Å². The molecule has 0 bridgehead atoms. The van der Waals surface area contributed by atoms with E-state index in [1.165, 1.54) is 12.0 Å². The molecule has 1 fully saturated rings. The average molecular weight is 273 g/mol. The number of ether oxygens (including phenoxy) is 1. The monoisotopic (exact) mass is 273 g/mol. The molecule has 0 aromatic carbocycles. The first kappa shape index (κ1) is 15.7. The summed E-state index contributed by atoms with van der Waals surface area (Å²) in [7, 11) is 3.57. The number of carboxylic acid groups (broad SMARTS) is 1. The highest BCUT2D eigenvalue weighted by Gasteiger charge is 2.22. The van der Waals surface area contributed by atoms with Gasteiger partial charge in [0.2, 0.25) is 0 Å². The van der Waals surface area contributed by atoms with Crippen molar-refractivity contribution >= 4 is 12.0 Å². The molecule has 1 heterocycles. The van der Waals surface area contributed by atoms with E-state index in [1.54, 1.807) is 0 Å². The third kappa shape index (κ3) is 5.89. The topological polar surface area (TPSA) is 82.1 Å². The van der Waals surface area contributed by atoms with Gasteiger partial charge in [-0.1, -0.05) is 0 Å². The number of hydrogen-bond acceptors (Lipinski definition) is 4. The molecule has 110 valence electrons. The predicted molar refractivity (Wildman–Crippen MR) is 70.1 cm³/mol. The van der Waals surface area contributed by atoms with Crippen LogP contribution in [0.5, 0.6) is 0 Å². The van der Waals surface area contributed by atoms with Crippen LogP contribution >= 0.6 is 0 Å². The summed E-state index contributed by atoms with van der Waals surface area (Å²) >= 11 is 0. The van der Waals surface area contributed by atoms with Crippen molar-refractivity contribution in [3.8, 4) is 0 Å². The van der Waals surface area contributed by atoms with Crippen LogP contribution in [0.3, 0.4) is 0 Å².